The molecule has 2 aromatic carbocycles. The lowest BCUT2D eigenvalue weighted by molar-refractivity contribution is 0.0685. The number of nitrogens with zero attached hydrogens (tertiary/aromatic N) is 4. The van der Waals surface area contributed by atoms with Gasteiger partial charge in [-0.2, -0.15) is 0 Å². The molecule has 4 rings (SSSR count). The molecule has 8 heteroatoms. The number of pyridine rings is 1. The van der Waals surface area contributed by atoms with Crippen LogP contribution in [-0.4, -0.2) is 65.9 Å². The molecule has 1 amide bonds. The standard InChI is InChI=1S/C25H29N5O3/c1-29(25(31)18-8-4-3-5-9-18)13-16-33-17-14-30-21(12-15-32-2)28-22-23(30)19-10-6-7-11-20(19)27-24(22)26/h3-11H,12-17H2,1-2H3,(H2,26,27). The number of carbonyl (C=O) groups is 1. The number of methoxy groups -OCH3 is 1. The fourth-order valence-corrected chi connectivity index (χ4v) is 3.89. The number of aromatic nitrogens is 3. The van der Waals surface area contributed by atoms with Gasteiger partial charge in [-0.05, 0) is 18.2 Å². The number of hydrogen-bond acceptors (Lipinski definition) is 6. The number of carbonyl (C=O) groups excluding carboxylic acids is 1. The van der Waals surface area contributed by atoms with Gasteiger partial charge in [-0.3, -0.25) is 4.79 Å². The molecule has 2 heterocycles. The summed E-state index contributed by atoms with van der Waals surface area (Å²) in [6.07, 6.45) is 0.660. The highest BCUT2D eigenvalue weighted by molar-refractivity contribution is 6.06. The maximum absolute atomic E-state index is 12.5. The van der Waals surface area contributed by atoms with Gasteiger partial charge < -0.3 is 24.7 Å². The minimum Gasteiger partial charge on any atom is -0.384 e. The Morgan fingerprint density at radius 2 is 1.79 bits per heavy atom. The number of ether oxygens (including phenoxy) is 2. The maximum Gasteiger partial charge on any atom is 0.253 e. The molecule has 0 unspecified atom stereocenters. The smallest absolute Gasteiger partial charge is 0.253 e. The Balaban J connectivity index is 1.46. The first-order valence-corrected chi connectivity index (χ1v) is 11.0. The van der Waals surface area contributed by atoms with Gasteiger partial charge in [-0.25, -0.2) is 9.97 Å². The molecule has 0 aliphatic rings. The van der Waals surface area contributed by atoms with Crippen molar-refractivity contribution in [1.29, 1.82) is 0 Å². The molecule has 2 aromatic heterocycles. The number of rotatable bonds is 10. The summed E-state index contributed by atoms with van der Waals surface area (Å²) in [5.74, 6) is 1.29. The normalized spacial score (nSPS) is 11.3. The molecule has 0 bridgehead atoms. The van der Waals surface area contributed by atoms with Crippen LogP contribution in [0.4, 0.5) is 5.82 Å². The highest BCUT2D eigenvalue weighted by atomic mass is 16.5. The highest BCUT2D eigenvalue weighted by Crippen LogP contribution is 2.28. The van der Waals surface area contributed by atoms with E-state index in [2.05, 4.69) is 9.55 Å². The van der Waals surface area contributed by atoms with Crippen LogP contribution in [0.15, 0.2) is 54.6 Å². The summed E-state index contributed by atoms with van der Waals surface area (Å²) in [6, 6.07) is 17.2. The number of para-hydroxylation sites is 1. The van der Waals surface area contributed by atoms with Gasteiger partial charge in [0.15, 0.2) is 5.82 Å². The minimum absolute atomic E-state index is 0.0175. The van der Waals surface area contributed by atoms with Gasteiger partial charge in [0, 0.05) is 44.6 Å². The molecule has 0 spiro atoms. The second-order valence-corrected chi connectivity index (χ2v) is 7.84. The average molecular weight is 448 g/mol. The largest absolute Gasteiger partial charge is 0.384 e. The van der Waals surface area contributed by atoms with Crippen LogP contribution in [-0.2, 0) is 22.4 Å². The quantitative estimate of drug-likeness (QED) is 0.375. The van der Waals surface area contributed by atoms with Crippen LogP contribution < -0.4 is 5.73 Å². The monoisotopic (exact) mass is 447 g/mol. The van der Waals surface area contributed by atoms with Crippen molar-refractivity contribution in [2.45, 2.75) is 13.0 Å². The Labute approximate surface area is 192 Å². The van der Waals surface area contributed by atoms with Crippen LogP contribution >= 0.6 is 0 Å². The highest BCUT2D eigenvalue weighted by Gasteiger charge is 2.17. The Hall–Kier alpha value is -3.49. The number of anilines is 1. The van der Waals surface area contributed by atoms with E-state index >= 15 is 0 Å². The fourth-order valence-electron chi connectivity index (χ4n) is 3.89. The van der Waals surface area contributed by atoms with Crippen molar-refractivity contribution in [2.24, 2.45) is 0 Å². The fraction of sp³-hybridized carbons (Fsp3) is 0.320. The molecule has 0 saturated carbocycles. The molecule has 2 N–H and O–H groups in total. The van der Waals surface area contributed by atoms with Crippen LogP contribution in [0.1, 0.15) is 16.2 Å². The van der Waals surface area contributed by atoms with Gasteiger partial charge in [-0.15, -0.1) is 0 Å². The number of amides is 1. The van der Waals surface area contributed by atoms with Crippen molar-refractivity contribution < 1.29 is 14.3 Å². The predicted octanol–water partition coefficient (Wildman–Crippen LogP) is 3.14. The molecule has 0 aliphatic heterocycles. The van der Waals surface area contributed by atoms with E-state index in [-0.39, 0.29) is 5.91 Å². The first-order valence-electron chi connectivity index (χ1n) is 11.0. The number of hydrogen-bond donors (Lipinski definition) is 1. The lowest BCUT2D eigenvalue weighted by Gasteiger charge is -2.17. The zero-order valence-electron chi connectivity index (χ0n) is 19.0. The molecule has 33 heavy (non-hydrogen) atoms. The third-order valence-electron chi connectivity index (χ3n) is 5.62. The van der Waals surface area contributed by atoms with Gasteiger partial charge in [0.25, 0.3) is 5.91 Å². The second kappa shape index (κ2) is 10.4. The number of nitrogens with two attached hydrogens (primary N) is 1. The first kappa shape index (κ1) is 22.7. The Kier molecular flexibility index (Phi) is 7.16. The predicted molar refractivity (Wildman–Crippen MR) is 129 cm³/mol. The lowest BCUT2D eigenvalue weighted by atomic mass is 10.2. The average Bonchev–Trinajstić information content (AvgIpc) is 3.21. The van der Waals surface area contributed by atoms with Crippen molar-refractivity contribution in [3.63, 3.8) is 0 Å². The van der Waals surface area contributed by atoms with E-state index in [0.29, 0.717) is 56.2 Å². The van der Waals surface area contributed by atoms with Crippen molar-refractivity contribution >= 4 is 33.7 Å². The summed E-state index contributed by atoms with van der Waals surface area (Å²) in [5.41, 5.74) is 9.41. The van der Waals surface area contributed by atoms with Crippen molar-refractivity contribution in [2.75, 3.05) is 46.3 Å². The number of imidazole rings is 1. The van der Waals surface area contributed by atoms with Crippen LogP contribution in [0.2, 0.25) is 0 Å². The molecular weight excluding hydrogens is 418 g/mol. The minimum atomic E-state index is -0.0175. The van der Waals surface area contributed by atoms with Gasteiger partial charge in [0.2, 0.25) is 0 Å². The molecular formula is C25H29N5O3. The molecule has 172 valence electrons. The van der Waals surface area contributed by atoms with E-state index in [4.69, 9.17) is 20.2 Å². The summed E-state index contributed by atoms with van der Waals surface area (Å²) in [6.45, 7) is 2.60. The van der Waals surface area contributed by atoms with Gasteiger partial charge in [0.05, 0.1) is 30.9 Å². The van der Waals surface area contributed by atoms with E-state index in [1.54, 1.807) is 19.1 Å². The SMILES string of the molecule is COCCc1nc2c(N)nc3ccccc3c2n1CCOCCN(C)C(=O)c1ccccc1. The van der Waals surface area contributed by atoms with E-state index < -0.39 is 0 Å². The maximum atomic E-state index is 12.5. The van der Waals surface area contributed by atoms with E-state index in [0.717, 1.165) is 22.2 Å². The van der Waals surface area contributed by atoms with E-state index in [1.165, 1.54) is 0 Å². The number of nitrogen functional groups attached to an aromatic ring is 1. The van der Waals surface area contributed by atoms with Crippen LogP contribution in [0, 0.1) is 0 Å². The molecule has 0 radical (unpaired) electrons. The number of benzene rings is 2. The summed E-state index contributed by atoms with van der Waals surface area (Å²) in [5, 5.41) is 1.01. The van der Waals surface area contributed by atoms with E-state index in [9.17, 15) is 4.79 Å². The zero-order valence-corrected chi connectivity index (χ0v) is 19.0. The summed E-state index contributed by atoms with van der Waals surface area (Å²) in [4.78, 5) is 23.4. The summed E-state index contributed by atoms with van der Waals surface area (Å²) in [7, 11) is 3.46. The number of likely N-dealkylation sites (N-methyl/N-ethyl adjacent to an activating group) is 1. The molecule has 0 fully saturated rings. The van der Waals surface area contributed by atoms with Crippen molar-refractivity contribution in [3.05, 3.63) is 66.0 Å². The van der Waals surface area contributed by atoms with Crippen molar-refractivity contribution in [1.82, 2.24) is 19.4 Å². The molecule has 0 atom stereocenters. The van der Waals surface area contributed by atoms with Crippen LogP contribution in [0.5, 0.6) is 0 Å². The van der Waals surface area contributed by atoms with Crippen molar-refractivity contribution in [3.8, 4) is 0 Å². The second-order valence-electron chi connectivity index (χ2n) is 7.84. The molecule has 8 nitrogen and oxygen atoms in total. The van der Waals surface area contributed by atoms with Crippen LogP contribution in [0.25, 0.3) is 21.9 Å². The van der Waals surface area contributed by atoms with Gasteiger partial charge >= 0.3 is 0 Å². The van der Waals surface area contributed by atoms with E-state index in [1.807, 2.05) is 54.6 Å². The number of fused-ring (bicyclic) bond motifs is 3. The third kappa shape index (κ3) is 4.97. The molecule has 0 aliphatic carbocycles. The summed E-state index contributed by atoms with van der Waals surface area (Å²) >= 11 is 0. The Morgan fingerprint density at radius 1 is 1.03 bits per heavy atom. The lowest BCUT2D eigenvalue weighted by Crippen LogP contribution is -2.30. The Bertz CT molecular complexity index is 1240. The van der Waals surface area contributed by atoms with Crippen LogP contribution in [0.3, 0.4) is 0 Å². The topological polar surface area (TPSA) is 95.5 Å². The molecule has 0 saturated heterocycles. The Morgan fingerprint density at radius 3 is 2.58 bits per heavy atom. The summed E-state index contributed by atoms with van der Waals surface area (Å²) < 4.78 is 13.3. The van der Waals surface area contributed by atoms with Gasteiger partial charge in [-0.1, -0.05) is 36.4 Å². The van der Waals surface area contributed by atoms with Gasteiger partial charge in [0.1, 0.15) is 11.3 Å². The zero-order chi connectivity index (χ0) is 23.2. The third-order valence-corrected chi connectivity index (χ3v) is 5.62. The molecule has 4 aromatic rings. The first-order chi connectivity index (χ1) is 16.1.